The van der Waals surface area contributed by atoms with Gasteiger partial charge in [0.1, 0.15) is 16.7 Å². The number of aromatic nitrogens is 3. The van der Waals surface area contributed by atoms with Crippen LogP contribution in [0.15, 0.2) is 116 Å². The third-order valence-electron chi connectivity index (χ3n) is 8.03. The summed E-state index contributed by atoms with van der Waals surface area (Å²) in [7, 11) is 0. The molecule has 0 spiro atoms. The Bertz CT molecular complexity index is 2270. The van der Waals surface area contributed by atoms with E-state index in [1.807, 2.05) is 48.5 Å². The molecule has 1 aliphatic carbocycles. The highest BCUT2D eigenvalue weighted by Crippen LogP contribution is 2.43. The zero-order valence-electron chi connectivity index (χ0n) is 25.0. The minimum absolute atomic E-state index is 0.0576. The Labute approximate surface area is 281 Å². The first-order valence-electron chi connectivity index (χ1n) is 14.8. The number of amides is 1. The zero-order chi connectivity index (χ0) is 33.4. The number of nitrogens with zero attached hydrogens (tertiary/aromatic N) is 6. The quantitative estimate of drug-likeness (QED) is 0.0623. The Morgan fingerprint density at radius 2 is 1.73 bits per heavy atom. The fourth-order valence-corrected chi connectivity index (χ4v) is 7.03. The van der Waals surface area contributed by atoms with Crippen LogP contribution in [0.3, 0.4) is 0 Å². The fraction of sp³-hybridized carbons (Fsp3) is 0.125. The van der Waals surface area contributed by atoms with Gasteiger partial charge in [-0.15, -0.1) is 5.11 Å². The lowest BCUT2D eigenvalue weighted by Crippen LogP contribution is -2.30. The minimum Gasteiger partial charge on any atom is -0.383 e. The molecule has 3 heterocycles. The van der Waals surface area contributed by atoms with Gasteiger partial charge < -0.3 is 11.1 Å². The van der Waals surface area contributed by atoms with Gasteiger partial charge in [-0.05, 0) is 72.6 Å². The second-order valence-electron chi connectivity index (χ2n) is 11.0. The van der Waals surface area contributed by atoms with Crippen molar-refractivity contribution in [1.82, 2.24) is 19.8 Å². The number of carbonyl (C=O) groups excluding carboxylic acids is 1. The monoisotopic (exact) mass is 678 g/mol. The van der Waals surface area contributed by atoms with Crippen LogP contribution in [0.5, 0.6) is 0 Å². The molecule has 0 saturated heterocycles. The van der Waals surface area contributed by atoms with Gasteiger partial charge in [0.05, 0.1) is 10.6 Å². The number of anilines is 2. The lowest BCUT2D eigenvalue weighted by atomic mass is 9.85. The Balaban J connectivity index is 1.20. The van der Waals surface area contributed by atoms with Crippen LogP contribution in [0.25, 0.3) is 5.69 Å². The van der Waals surface area contributed by atoms with Crippen LogP contribution in [-0.4, -0.2) is 30.9 Å². The highest BCUT2D eigenvalue weighted by molar-refractivity contribution is 7.73. The van der Waals surface area contributed by atoms with E-state index in [1.165, 1.54) is 12.1 Å². The highest BCUT2D eigenvalue weighted by Gasteiger charge is 2.35. The molecule has 0 bridgehead atoms. The van der Waals surface area contributed by atoms with Gasteiger partial charge >= 0.3 is 0 Å². The molecule has 7 rings (SSSR count). The minimum atomic E-state index is -0.549. The summed E-state index contributed by atoms with van der Waals surface area (Å²) >= 11 is 6.59. The number of rotatable bonds is 7. The molecule has 16 heteroatoms. The predicted molar refractivity (Wildman–Crippen MR) is 185 cm³/mol. The van der Waals surface area contributed by atoms with Crippen molar-refractivity contribution >= 4 is 63.9 Å². The molecule has 1 aliphatic heterocycles. The Morgan fingerprint density at radius 1 is 1.02 bits per heavy atom. The van der Waals surface area contributed by atoms with Gasteiger partial charge in [0.15, 0.2) is 15.5 Å². The van der Waals surface area contributed by atoms with Crippen molar-refractivity contribution in [3.8, 4) is 5.69 Å². The van der Waals surface area contributed by atoms with E-state index in [1.54, 1.807) is 33.5 Å². The summed E-state index contributed by atoms with van der Waals surface area (Å²) in [6, 6.07) is 24.0. The molecule has 3 aromatic carbocycles. The summed E-state index contributed by atoms with van der Waals surface area (Å²) in [4.78, 5) is 37.6. The largest absolute Gasteiger partial charge is 0.383 e. The Hall–Kier alpha value is -6.00. The maximum absolute atomic E-state index is 13.2. The maximum Gasteiger partial charge on any atom is 0.294 e. The summed E-state index contributed by atoms with van der Waals surface area (Å²) in [5, 5.41) is 30.6. The van der Waals surface area contributed by atoms with E-state index in [9.17, 15) is 19.7 Å². The molecule has 1 unspecified atom stereocenters. The number of nitrogens with two attached hydrogens (primary N) is 1. The molecule has 240 valence electrons. The number of hydrogen-bond donors (Lipinski definition) is 4. The number of fused-ring (bicyclic) bond motifs is 1. The van der Waals surface area contributed by atoms with E-state index in [4.69, 9.17) is 18.0 Å². The number of hydrogen-bond acceptors (Lipinski definition) is 11. The van der Waals surface area contributed by atoms with Crippen LogP contribution in [-0.2, 0) is 0 Å². The number of azo groups is 1. The summed E-state index contributed by atoms with van der Waals surface area (Å²) in [5.74, 6) is 0.168. The molecule has 0 saturated carbocycles. The smallest absolute Gasteiger partial charge is 0.294 e. The maximum atomic E-state index is 13.2. The third-order valence-corrected chi connectivity index (χ3v) is 9.42. The van der Waals surface area contributed by atoms with Crippen LogP contribution in [0.4, 0.5) is 28.7 Å². The van der Waals surface area contributed by atoms with Crippen molar-refractivity contribution in [2.24, 2.45) is 15.3 Å². The molecule has 1 atom stereocenters. The van der Waals surface area contributed by atoms with Gasteiger partial charge in [-0.3, -0.25) is 34.1 Å². The number of nitrogens with one attached hydrogen (secondary N) is 3. The van der Waals surface area contributed by atoms with Crippen molar-refractivity contribution in [2.45, 2.75) is 25.3 Å². The number of hydrazone groups is 1. The van der Waals surface area contributed by atoms with E-state index in [0.717, 1.165) is 28.3 Å². The van der Waals surface area contributed by atoms with Crippen LogP contribution in [0.2, 0.25) is 0 Å². The van der Waals surface area contributed by atoms with Crippen molar-refractivity contribution in [2.75, 3.05) is 11.1 Å². The van der Waals surface area contributed by atoms with Crippen molar-refractivity contribution < 1.29 is 9.72 Å². The van der Waals surface area contributed by atoms with Gasteiger partial charge in [0, 0.05) is 35.6 Å². The number of carbonyl (C=O) groups is 1. The SMILES string of the molecule is Nc1c(C(=O)NN=C2CCC3=C(C2)C(c2ccc([N+](=O)[O-])cc2)n2[nH]c(=O)c(N=Nc4ccccc4)c2N3)sc(=S)n1-c1ccccc1. The number of aromatic amines is 1. The van der Waals surface area contributed by atoms with Gasteiger partial charge in [-0.1, -0.05) is 47.7 Å². The summed E-state index contributed by atoms with van der Waals surface area (Å²) in [6.45, 7) is 0. The topological polar surface area (TPSA) is 190 Å². The number of nitro groups is 1. The van der Waals surface area contributed by atoms with Crippen molar-refractivity contribution in [3.05, 3.63) is 131 Å². The number of H-pyrrole nitrogens is 1. The molecule has 5 N–H and O–H groups in total. The second kappa shape index (κ2) is 12.7. The molecule has 2 aliphatic rings. The van der Waals surface area contributed by atoms with Gasteiger partial charge in [0.2, 0.25) is 0 Å². The number of non-ortho nitro benzene ring substituents is 1. The van der Waals surface area contributed by atoms with E-state index < -0.39 is 22.4 Å². The van der Waals surface area contributed by atoms with Crippen LogP contribution in [0, 0.1) is 14.1 Å². The number of para-hydroxylation sites is 1. The average Bonchev–Trinajstić information content (AvgIpc) is 3.58. The third kappa shape index (κ3) is 5.73. The number of thiazole rings is 1. The molecule has 5 aromatic rings. The average molecular weight is 679 g/mol. The van der Waals surface area contributed by atoms with Crippen LogP contribution >= 0.6 is 23.6 Å². The van der Waals surface area contributed by atoms with E-state index >= 15 is 0 Å². The summed E-state index contributed by atoms with van der Waals surface area (Å²) < 4.78 is 3.73. The van der Waals surface area contributed by atoms with E-state index in [0.29, 0.717) is 46.0 Å². The normalized spacial score (nSPS) is 16.4. The number of benzene rings is 3. The lowest BCUT2D eigenvalue weighted by Gasteiger charge is -2.35. The van der Waals surface area contributed by atoms with Gasteiger partial charge in [0.25, 0.3) is 17.2 Å². The Kier molecular flexibility index (Phi) is 8.08. The molecule has 0 fully saturated rings. The molecular formula is C32H26N10O4S2. The van der Waals surface area contributed by atoms with Gasteiger partial charge in [-0.2, -0.15) is 10.2 Å². The number of nitrogen functional groups attached to an aromatic ring is 1. The Morgan fingerprint density at radius 3 is 2.44 bits per heavy atom. The second-order valence-corrected chi connectivity index (χ2v) is 12.6. The first-order chi connectivity index (χ1) is 23.3. The number of nitro benzene ring substituents is 1. The lowest BCUT2D eigenvalue weighted by molar-refractivity contribution is -0.384. The highest BCUT2D eigenvalue weighted by atomic mass is 32.1. The summed E-state index contributed by atoms with van der Waals surface area (Å²) in [6.07, 6.45) is 1.39. The van der Waals surface area contributed by atoms with Crippen molar-refractivity contribution in [1.29, 1.82) is 0 Å². The van der Waals surface area contributed by atoms with Crippen LogP contribution in [0.1, 0.15) is 40.5 Å². The molecule has 48 heavy (non-hydrogen) atoms. The zero-order valence-corrected chi connectivity index (χ0v) is 26.6. The molecule has 1 amide bonds. The summed E-state index contributed by atoms with van der Waals surface area (Å²) in [5.41, 5.74) is 13.1. The van der Waals surface area contributed by atoms with E-state index in [2.05, 4.69) is 31.2 Å². The molecule has 14 nitrogen and oxygen atoms in total. The van der Waals surface area contributed by atoms with Crippen molar-refractivity contribution in [3.63, 3.8) is 0 Å². The van der Waals surface area contributed by atoms with Crippen LogP contribution < -0.4 is 22.0 Å². The number of allylic oxidation sites excluding steroid dienone is 2. The van der Waals surface area contributed by atoms with E-state index in [-0.39, 0.29) is 22.1 Å². The van der Waals surface area contributed by atoms with Gasteiger partial charge in [-0.25, -0.2) is 5.43 Å². The first-order valence-corrected chi connectivity index (χ1v) is 16.0. The molecule has 0 radical (unpaired) electrons. The molecule has 2 aromatic heterocycles. The molecular weight excluding hydrogens is 653 g/mol. The fourth-order valence-electron chi connectivity index (χ4n) is 5.77. The predicted octanol–water partition coefficient (Wildman–Crippen LogP) is 6.90. The first kappa shape index (κ1) is 30.6. The standard InChI is InChI=1S/C32H26N10O4S2/c33-28-27(48-32(47)40(28)21-9-5-2-6-10-21)31(44)38-36-20-13-16-24-23(17-20)26(18-11-14-22(15-12-18)42(45)46)41-29(34-24)25(30(43)39-41)37-35-19-7-3-1-4-8-19/h1-12,14-15,26,34H,13,16-17,33H2,(H,38,44)(H,39,43).